The van der Waals surface area contributed by atoms with Crippen molar-refractivity contribution in [2.45, 2.75) is 6.92 Å². The number of carbonyl (C=O) groups is 1. The Morgan fingerprint density at radius 3 is 2.42 bits per heavy atom. The maximum Gasteiger partial charge on any atom is 0.260 e. The molecule has 1 amide bonds. The Morgan fingerprint density at radius 1 is 1.17 bits per heavy atom. The second-order valence-corrected chi connectivity index (χ2v) is 5.81. The number of benzene rings is 1. The molecule has 24 heavy (non-hydrogen) atoms. The van der Waals surface area contributed by atoms with E-state index in [1.54, 1.807) is 6.20 Å². The summed E-state index contributed by atoms with van der Waals surface area (Å²) in [7, 11) is 1.98. The zero-order chi connectivity index (χ0) is 16.2. The first kappa shape index (κ1) is 18.1. The van der Waals surface area contributed by atoms with E-state index < -0.39 is 0 Å². The number of aromatic nitrogens is 2. The number of amides is 1. The molecule has 0 radical (unpaired) electrons. The molecule has 1 aliphatic rings. The van der Waals surface area contributed by atoms with Crippen molar-refractivity contribution in [1.82, 2.24) is 14.5 Å². The fourth-order valence-electron chi connectivity index (χ4n) is 2.69. The van der Waals surface area contributed by atoms with Crippen LogP contribution in [0, 0.1) is 6.92 Å². The number of hydrogen-bond acceptors (Lipinski definition) is 4. The summed E-state index contributed by atoms with van der Waals surface area (Å²) in [6, 6.07) is 7.74. The quantitative estimate of drug-likeness (QED) is 0.844. The minimum Gasteiger partial charge on any atom is -0.484 e. The molecule has 0 aliphatic carbocycles. The Hall–Kier alpha value is -2.21. The highest BCUT2D eigenvalue weighted by molar-refractivity contribution is 5.85. The molecule has 1 aromatic carbocycles. The van der Waals surface area contributed by atoms with E-state index in [0.29, 0.717) is 13.1 Å². The highest BCUT2D eigenvalue weighted by Gasteiger charge is 2.23. The number of halogens is 1. The summed E-state index contributed by atoms with van der Waals surface area (Å²) in [6.07, 6.45) is 3.73. The van der Waals surface area contributed by atoms with E-state index in [-0.39, 0.29) is 24.9 Å². The van der Waals surface area contributed by atoms with Crippen molar-refractivity contribution in [3.8, 4) is 5.75 Å². The molecule has 2 heterocycles. The first-order chi connectivity index (χ1) is 11.1. The van der Waals surface area contributed by atoms with Crippen LogP contribution in [0.5, 0.6) is 5.75 Å². The van der Waals surface area contributed by atoms with Gasteiger partial charge in [0, 0.05) is 45.6 Å². The van der Waals surface area contributed by atoms with Gasteiger partial charge in [0.1, 0.15) is 5.75 Å². The highest BCUT2D eigenvalue weighted by Crippen LogP contribution is 2.14. The molecule has 130 valence electrons. The molecule has 0 N–H and O–H groups in total. The molecule has 7 heteroatoms. The summed E-state index contributed by atoms with van der Waals surface area (Å²) >= 11 is 0. The van der Waals surface area contributed by atoms with Crippen molar-refractivity contribution in [2.24, 2.45) is 7.05 Å². The van der Waals surface area contributed by atoms with Crippen molar-refractivity contribution < 1.29 is 9.53 Å². The van der Waals surface area contributed by atoms with Crippen LogP contribution < -0.4 is 9.64 Å². The average Bonchev–Trinajstić information content (AvgIpc) is 3.00. The van der Waals surface area contributed by atoms with Crippen molar-refractivity contribution in [3.63, 3.8) is 0 Å². The Morgan fingerprint density at radius 2 is 1.83 bits per heavy atom. The van der Waals surface area contributed by atoms with Gasteiger partial charge in [-0.05, 0) is 19.1 Å². The number of rotatable bonds is 4. The van der Waals surface area contributed by atoms with Crippen LogP contribution in [0.1, 0.15) is 5.56 Å². The Labute approximate surface area is 148 Å². The van der Waals surface area contributed by atoms with E-state index in [4.69, 9.17) is 4.74 Å². The summed E-state index contributed by atoms with van der Waals surface area (Å²) in [4.78, 5) is 20.7. The van der Waals surface area contributed by atoms with E-state index >= 15 is 0 Å². The molecule has 3 rings (SSSR count). The van der Waals surface area contributed by atoms with Gasteiger partial charge in [0.15, 0.2) is 6.61 Å². The summed E-state index contributed by atoms with van der Waals surface area (Å²) < 4.78 is 7.57. The van der Waals surface area contributed by atoms with Crippen LogP contribution in [0.15, 0.2) is 36.7 Å². The largest absolute Gasteiger partial charge is 0.484 e. The van der Waals surface area contributed by atoms with Gasteiger partial charge in [-0.1, -0.05) is 17.7 Å². The lowest BCUT2D eigenvalue weighted by molar-refractivity contribution is -0.133. The SMILES string of the molecule is Cc1ccc(OCC(=O)N2CCN(c3nccn3C)CC2)cc1.Cl. The third-order valence-electron chi connectivity index (χ3n) is 4.09. The number of nitrogens with zero attached hydrogens (tertiary/aromatic N) is 4. The summed E-state index contributed by atoms with van der Waals surface area (Å²) in [5.41, 5.74) is 1.18. The third-order valence-corrected chi connectivity index (χ3v) is 4.09. The number of hydrogen-bond donors (Lipinski definition) is 0. The first-order valence-corrected chi connectivity index (χ1v) is 7.83. The van der Waals surface area contributed by atoms with E-state index in [9.17, 15) is 4.79 Å². The predicted octanol–water partition coefficient (Wildman–Crippen LogP) is 1.88. The van der Waals surface area contributed by atoms with Gasteiger partial charge in [0.2, 0.25) is 5.95 Å². The molecule has 0 bridgehead atoms. The van der Waals surface area contributed by atoms with E-state index in [0.717, 1.165) is 24.8 Å². The molecule has 1 saturated heterocycles. The van der Waals surface area contributed by atoms with Crippen molar-refractivity contribution in [3.05, 3.63) is 42.2 Å². The molecular weight excluding hydrogens is 328 g/mol. The van der Waals surface area contributed by atoms with Gasteiger partial charge < -0.3 is 19.1 Å². The molecule has 6 nitrogen and oxygen atoms in total. The predicted molar refractivity (Wildman–Crippen MR) is 95.9 cm³/mol. The molecule has 1 aliphatic heterocycles. The van der Waals surface area contributed by atoms with Crippen LogP contribution in [0.2, 0.25) is 0 Å². The third kappa shape index (κ3) is 4.20. The lowest BCUT2D eigenvalue weighted by atomic mass is 10.2. The molecular formula is C17H23ClN4O2. The van der Waals surface area contributed by atoms with Crippen LogP contribution >= 0.6 is 12.4 Å². The molecule has 0 saturated carbocycles. The highest BCUT2D eigenvalue weighted by atomic mass is 35.5. The maximum atomic E-state index is 12.3. The summed E-state index contributed by atoms with van der Waals surface area (Å²) in [5, 5.41) is 0. The van der Waals surface area contributed by atoms with Crippen LogP contribution in [0.4, 0.5) is 5.95 Å². The Bertz CT molecular complexity index is 663. The molecule has 0 spiro atoms. The van der Waals surface area contributed by atoms with Gasteiger partial charge in [-0.15, -0.1) is 12.4 Å². The number of carbonyl (C=O) groups excluding carboxylic acids is 1. The number of piperazine rings is 1. The molecule has 0 atom stereocenters. The van der Waals surface area contributed by atoms with Crippen molar-refractivity contribution in [2.75, 3.05) is 37.7 Å². The van der Waals surface area contributed by atoms with Crippen LogP contribution in [0.25, 0.3) is 0 Å². The smallest absolute Gasteiger partial charge is 0.260 e. The second kappa shape index (κ2) is 8.06. The minimum atomic E-state index is 0. The van der Waals surface area contributed by atoms with Gasteiger partial charge >= 0.3 is 0 Å². The summed E-state index contributed by atoms with van der Waals surface area (Å²) in [6.45, 7) is 5.09. The van der Waals surface area contributed by atoms with E-state index in [1.807, 2.05) is 53.9 Å². The van der Waals surface area contributed by atoms with Crippen LogP contribution in [-0.4, -0.2) is 53.1 Å². The zero-order valence-corrected chi connectivity index (χ0v) is 14.8. The van der Waals surface area contributed by atoms with Crippen LogP contribution in [-0.2, 0) is 11.8 Å². The molecule has 2 aromatic rings. The average molecular weight is 351 g/mol. The van der Waals surface area contributed by atoms with Gasteiger partial charge in [-0.25, -0.2) is 4.98 Å². The fraction of sp³-hybridized carbons (Fsp3) is 0.412. The normalized spacial score (nSPS) is 14.2. The monoisotopic (exact) mass is 350 g/mol. The minimum absolute atomic E-state index is 0. The summed E-state index contributed by atoms with van der Waals surface area (Å²) in [5.74, 6) is 1.72. The first-order valence-electron chi connectivity index (χ1n) is 7.83. The van der Waals surface area contributed by atoms with Crippen molar-refractivity contribution >= 4 is 24.3 Å². The van der Waals surface area contributed by atoms with E-state index in [2.05, 4.69) is 9.88 Å². The van der Waals surface area contributed by atoms with Crippen LogP contribution in [0.3, 0.4) is 0 Å². The molecule has 0 unspecified atom stereocenters. The zero-order valence-electron chi connectivity index (χ0n) is 14.0. The Kier molecular flexibility index (Phi) is 6.09. The number of ether oxygens (including phenoxy) is 1. The van der Waals surface area contributed by atoms with Gasteiger partial charge in [0.25, 0.3) is 5.91 Å². The van der Waals surface area contributed by atoms with Gasteiger partial charge in [-0.2, -0.15) is 0 Å². The maximum absolute atomic E-state index is 12.3. The lowest BCUT2D eigenvalue weighted by Gasteiger charge is -2.35. The Balaban J connectivity index is 0.00000208. The standard InChI is InChI=1S/C17H22N4O2.ClH/c1-14-3-5-15(6-4-14)23-13-16(22)20-9-11-21(12-10-20)17-18-7-8-19(17)2;/h3-8H,9-13H2,1-2H3;1H. The molecule has 1 fully saturated rings. The van der Waals surface area contributed by atoms with Crippen molar-refractivity contribution in [1.29, 1.82) is 0 Å². The molecule has 1 aromatic heterocycles. The number of anilines is 1. The fourth-order valence-corrected chi connectivity index (χ4v) is 2.69. The van der Waals surface area contributed by atoms with E-state index in [1.165, 1.54) is 5.56 Å². The lowest BCUT2D eigenvalue weighted by Crippen LogP contribution is -2.50. The van der Waals surface area contributed by atoms with Gasteiger partial charge in [0.05, 0.1) is 0 Å². The van der Waals surface area contributed by atoms with Gasteiger partial charge in [-0.3, -0.25) is 4.79 Å². The topological polar surface area (TPSA) is 50.6 Å². The second-order valence-electron chi connectivity index (χ2n) is 5.81. The number of imidazole rings is 1. The number of aryl methyl sites for hydroxylation is 2.